The van der Waals surface area contributed by atoms with Crippen LogP contribution >= 0.6 is 0 Å². The molecule has 0 aliphatic rings. The lowest BCUT2D eigenvalue weighted by atomic mass is 9.95. The van der Waals surface area contributed by atoms with Crippen molar-refractivity contribution in [1.82, 2.24) is 19.6 Å². The van der Waals surface area contributed by atoms with Gasteiger partial charge in [0.05, 0.1) is 18.1 Å². The number of imidazole rings is 1. The number of aromatic nitrogens is 4. The molecule has 5 nitrogen and oxygen atoms in total. The summed E-state index contributed by atoms with van der Waals surface area (Å²) >= 11 is 0. The van der Waals surface area contributed by atoms with Crippen molar-refractivity contribution in [2.24, 2.45) is 0 Å². The minimum atomic E-state index is 0.279. The van der Waals surface area contributed by atoms with Gasteiger partial charge in [0.25, 0.3) is 5.78 Å². The molecule has 2 aromatic heterocycles. The van der Waals surface area contributed by atoms with Crippen molar-refractivity contribution >= 4 is 12.1 Å². The highest BCUT2D eigenvalue weighted by Gasteiger charge is 2.12. The molecule has 2 heterocycles. The Hall–Kier alpha value is -3.34. The molecule has 0 saturated heterocycles. The fourth-order valence-electron chi connectivity index (χ4n) is 2.82. The van der Waals surface area contributed by atoms with Crippen LogP contribution in [0.3, 0.4) is 0 Å². The molecular formula is C19H14N4O. The summed E-state index contributed by atoms with van der Waals surface area (Å²) in [5, 5.41) is 4.17. The Morgan fingerprint density at radius 1 is 1.00 bits per heavy atom. The van der Waals surface area contributed by atoms with Gasteiger partial charge in [0.15, 0.2) is 6.29 Å². The second-order valence-corrected chi connectivity index (χ2v) is 5.52. The second-order valence-electron chi connectivity index (χ2n) is 5.52. The zero-order valence-corrected chi connectivity index (χ0v) is 13.0. The highest BCUT2D eigenvalue weighted by atomic mass is 16.1. The highest BCUT2D eigenvalue weighted by Crippen LogP contribution is 2.31. The van der Waals surface area contributed by atoms with E-state index in [2.05, 4.69) is 40.2 Å². The molecule has 0 amide bonds. The Bertz CT molecular complexity index is 1040. The van der Waals surface area contributed by atoms with Gasteiger partial charge in [-0.1, -0.05) is 48.5 Å². The molecule has 0 saturated carbocycles. The first-order chi connectivity index (χ1) is 11.8. The number of fused-ring (bicyclic) bond motifs is 1. The third-order valence-electron chi connectivity index (χ3n) is 4.02. The van der Waals surface area contributed by atoms with Gasteiger partial charge >= 0.3 is 0 Å². The summed E-state index contributed by atoms with van der Waals surface area (Å²) in [6.07, 6.45) is 3.90. The standard InChI is InChI=1S/C19H14N4O/c1-13-16(14-6-3-2-4-7-14)8-5-9-17(13)18-11-23-19(21-18)20-10-15(12-24)22-23/h2-12H,1H3. The monoisotopic (exact) mass is 314 g/mol. The Morgan fingerprint density at radius 2 is 1.79 bits per heavy atom. The molecule has 0 N–H and O–H groups in total. The molecule has 0 fully saturated rings. The predicted molar refractivity (Wildman–Crippen MR) is 91.8 cm³/mol. The number of benzene rings is 2. The zero-order valence-electron chi connectivity index (χ0n) is 13.0. The third kappa shape index (κ3) is 2.36. The summed E-state index contributed by atoms with van der Waals surface area (Å²) in [5.74, 6) is 0.472. The predicted octanol–water partition coefficient (Wildman–Crippen LogP) is 3.58. The van der Waals surface area contributed by atoms with Crippen LogP contribution in [-0.4, -0.2) is 25.9 Å². The van der Waals surface area contributed by atoms with E-state index in [0.29, 0.717) is 12.1 Å². The van der Waals surface area contributed by atoms with E-state index in [1.165, 1.54) is 21.8 Å². The fourth-order valence-corrected chi connectivity index (χ4v) is 2.82. The number of rotatable bonds is 3. The molecule has 2 aromatic carbocycles. The van der Waals surface area contributed by atoms with Gasteiger partial charge in [0, 0.05) is 5.56 Å². The van der Waals surface area contributed by atoms with E-state index in [0.717, 1.165) is 16.8 Å². The topological polar surface area (TPSA) is 60.2 Å². The molecule has 116 valence electrons. The van der Waals surface area contributed by atoms with E-state index in [1.807, 2.05) is 30.3 Å². The molecule has 0 spiro atoms. The lowest BCUT2D eigenvalue weighted by molar-refractivity contribution is 0.111. The minimum absolute atomic E-state index is 0.279. The van der Waals surface area contributed by atoms with Crippen molar-refractivity contribution in [2.75, 3.05) is 0 Å². The van der Waals surface area contributed by atoms with Crippen LogP contribution in [0.15, 0.2) is 60.9 Å². The van der Waals surface area contributed by atoms with E-state index in [-0.39, 0.29) is 5.69 Å². The van der Waals surface area contributed by atoms with Crippen molar-refractivity contribution in [3.63, 3.8) is 0 Å². The van der Waals surface area contributed by atoms with E-state index in [9.17, 15) is 4.79 Å². The first-order valence-electron chi connectivity index (χ1n) is 7.59. The van der Waals surface area contributed by atoms with Gasteiger partial charge < -0.3 is 0 Å². The van der Waals surface area contributed by atoms with Crippen LogP contribution in [0.2, 0.25) is 0 Å². The fraction of sp³-hybridized carbons (Fsp3) is 0.0526. The van der Waals surface area contributed by atoms with Crippen molar-refractivity contribution in [3.05, 3.63) is 72.2 Å². The molecule has 0 radical (unpaired) electrons. The van der Waals surface area contributed by atoms with Gasteiger partial charge in [-0.15, -0.1) is 0 Å². The van der Waals surface area contributed by atoms with Gasteiger partial charge in [-0.25, -0.2) is 14.5 Å². The molecule has 24 heavy (non-hydrogen) atoms. The van der Waals surface area contributed by atoms with Crippen LogP contribution in [0.25, 0.3) is 28.2 Å². The summed E-state index contributed by atoms with van der Waals surface area (Å²) in [6, 6.07) is 16.4. The van der Waals surface area contributed by atoms with Crippen LogP contribution < -0.4 is 0 Å². The van der Waals surface area contributed by atoms with Gasteiger partial charge in [0.1, 0.15) is 5.69 Å². The van der Waals surface area contributed by atoms with Crippen LogP contribution in [0, 0.1) is 6.92 Å². The van der Waals surface area contributed by atoms with E-state index in [4.69, 9.17) is 0 Å². The summed E-state index contributed by atoms with van der Waals surface area (Å²) in [6.45, 7) is 2.08. The minimum Gasteiger partial charge on any atom is -0.296 e. The lowest BCUT2D eigenvalue weighted by Gasteiger charge is -2.09. The second kappa shape index (κ2) is 5.70. The molecule has 4 rings (SSSR count). The molecule has 4 aromatic rings. The van der Waals surface area contributed by atoms with Crippen molar-refractivity contribution in [1.29, 1.82) is 0 Å². The van der Waals surface area contributed by atoms with Gasteiger partial charge in [-0.2, -0.15) is 5.10 Å². The number of carbonyl (C=O) groups excluding carboxylic acids is 1. The molecule has 0 atom stereocenters. The maximum absolute atomic E-state index is 10.8. The molecule has 5 heteroatoms. The summed E-state index contributed by atoms with van der Waals surface area (Å²) in [5.41, 5.74) is 5.56. The van der Waals surface area contributed by atoms with Crippen molar-refractivity contribution < 1.29 is 4.79 Å². The van der Waals surface area contributed by atoms with Crippen LogP contribution in [0.4, 0.5) is 0 Å². The molecule has 0 bridgehead atoms. The average Bonchev–Trinajstić information content (AvgIpc) is 3.05. The number of carbonyl (C=O) groups is 1. The van der Waals surface area contributed by atoms with Crippen LogP contribution in [0.5, 0.6) is 0 Å². The molecule has 0 aliphatic carbocycles. The van der Waals surface area contributed by atoms with Crippen molar-refractivity contribution in [3.8, 4) is 22.4 Å². The first kappa shape index (κ1) is 14.3. The van der Waals surface area contributed by atoms with Gasteiger partial charge in [0.2, 0.25) is 0 Å². The molecular weight excluding hydrogens is 300 g/mol. The summed E-state index contributed by atoms with van der Waals surface area (Å²) < 4.78 is 1.54. The quantitative estimate of drug-likeness (QED) is 0.542. The normalized spacial score (nSPS) is 10.9. The Balaban J connectivity index is 1.86. The van der Waals surface area contributed by atoms with Crippen molar-refractivity contribution in [2.45, 2.75) is 6.92 Å². The smallest absolute Gasteiger partial charge is 0.251 e. The molecule has 0 aliphatic heterocycles. The first-order valence-corrected chi connectivity index (χ1v) is 7.59. The van der Waals surface area contributed by atoms with Gasteiger partial charge in [-0.05, 0) is 23.6 Å². The molecule has 0 unspecified atom stereocenters. The number of hydrogen-bond acceptors (Lipinski definition) is 4. The third-order valence-corrected chi connectivity index (χ3v) is 4.02. The maximum atomic E-state index is 10.8. The SMILES string of the molecule is Cc1c(-c2ccccc2)cccc1-c1cn2nc(C=O)cnc2n1. The Morgan fingerprint density at radius 3 is 2.58 bits per heavy atom. The lowest BCUT2D eigenvalue weighted by Crippen LogP contribution is -1.97. The summed E-state index contributed by atoms with van der Waals surface area (Å²) in [7, 11) is 0. The van der Waals surface area contributed by atoms with E-state index >= 15 is 0 Å². The maximum Gasteiger partial charge on any atom is 0.251 e. The van der Waals surface area contributed by atoms with E-state index in [1.54, 1.807) is 6.20 Å². The number of aldehydes is 1. The Labute approximate surface area is 138 Å². The van der Waals surface area contributed by atoms with Gasteiger partial charge in [-0.3, -0.25) is 4.79 Å². The zero-order chi connectivity index (χ0) is 16.5. The number of nitrogens with zero attached hydrogens (tertiary/aromatic N) is 4. The average molecular weight is 314 g/mol. The summed E-state index contributed by atoms with van der Waals surface area (Å²) in [4.78, 5) is 19.5. The number of hydrogen-bond donors (Lipinski definition) is 0. The van der Waals surface area contributed by atoms with Crippen LogP contribution in [-0.2, 0) is 0 Å². The largest absolute Gasteiger partial charge is 0.296 e. The van der Waals surface area contributed by atoms with E-state index < -0.39 is 0 Å². The Kier molecular flexibility index (Phi) is 3.39. The highest BCUT2D eigenvalue weighted by molar-refractivity contribution is 5.77. The van der Waals surface area contributed by atoms with Crippen LogP contribution in [0.1, 0.15) is 16.1 Å².